The summed E-state index contributed by atoms with van der Waals surface area (Å²) in [7, 11) is 1.18. The van der Waals surface area contributed by atoms with Crippen molar-refractivity contribution >= 4 is 19.8 Å². The molecule has 0 rings (SSSR count). The van der Waals surface area contributed by atoms with E-state index in [1.807, 2.05) is 21.1 Å². The number of phosphoric acid groups is 1. The van der Waals surface area contributed by atoms with Gasteiger partial charge in [0, 0.05) is 12.8 Å². The highest BCUT2D eigenvalue weighted by Gasteiger charge is 2.21. The third-order valence-electron chi connectivity index (χ3n) is 12.1. The SMILES string of the molecule is CC/C=C\C/C=C\C/C=C\C/C=C\CCCCCCCCCCCCCCCCCCCCCCC(=O)OC(COC(=O)CCCCCCCCCCCC)COP(=O)([O-])OCC[N+](C)(C)C. The summed E-state index contributed by atoms with van der Waals surface area (Å²) in [5, 5.41) is 0. The summed E-state index contributed by atoms with van der Waals surface area (Å²) in [6.45, 7) is 4.13. The second kappa shape index (κ2) is 49.0. The fourth-order valence-corrected chi connectivity index (χ4v) is 8.55. The average molecular weight is 964 g/mol. The van der Waals surface area contributed by atoms with Crippen molar-refractivity contribution in [3.63, 3.8) is 0 Å². The van der Waals surface area contributed by atoms with Crippen LogP contribution in [0.3, 0.4) is 0 Å². The molecular formula is C57H106NO8P. The van der Waals surface area contributed by atoms with Gasteiger partial charge in [0.1, 0.15) is 19.8 Å². The number of hydrogen-bond donors (Lipinski definition) is 0. The zero-order chi connectivity index (χ0) is 49.2. The van der Waals surface area contributed by atoms with Crippen molar-refractivity contribution in [3.8, 4) is 0 Å². The van der Waals surface area contributed by atoms with Crippen molar-refractivity contribution in [1.29, 1.82) is 0 Å². The minimum Gasteiger partial charge on any atom is -0.756 e. The van der Waals surface area contributed by atoms with Crippen LogP contribution in [0.4, 0.5) is 0 Å². The molecule has 0 fully saturated rings. The first-order chi connectivity index (χ1) is 32.5. The van der Waals surface area contributed by atoms with Crippen LogP contribution in [-0.2, 0) is 32.7 Å². The van der Waals surface area contributed by atoms with Gasteiger partial charge >= 0.3 is 11.9 Å². The third kappa shape index (κ3) is 53.2. The molecule has 0 bridgehead atoms. The van der Waals surface area contributed by atoms with Crippen LogP contribution >= 0.6 is 7.82 Å². The van der Waals surface area contributed by atoms with Crippen LogP contribution in [0.2, 0.25) is 0 Å². The van der Waals surface area contributed by atoms with Gasteiger partial charge in [-0.25, -0.2) is 0 Å². The van der Waals surface area contributed by atoms with Crippen molar-refractivity contribution in [1.82, 2.24) is 0 Å². The Bertz CT molecular complexity index is 1270. The molecule has 0 aliphatic heterocycles. The molecule has 0 heterocycles. The lowest BCUT2D eigenvalue weighted by molar-refractivity contribution is -0.870. The Morgan fingerprint density at radius 2 is 0.851 bits per heavy atom. The summed E-state index contributed by atoms with van der Waals surface area (Å²) < 4.78 is 34.0. The Labute approximate surface area is 414 Å². The van der Waals surface area contributed by atoms with Gasteiger partial charge in [0.15, 0.2) is 6.10 Å². The molecular weight excluding hydrogens is 858 g/mol. The van der Waals surface area contributed by atoms with E-state index in [9.17, 15) is 19.0 Å². The van der Waals surface area contributed by atoms with E-state index < -0.39 is 26.5 Å². The van der Waals surface area contributed by atoms with Crippen molar-refractivity contribution in [3.05, 3.63) is 48.6 Å². The molecule has 0 saturated heterocycles. The number of nitrogens with zero attached hydrogens (tertiary/aromatic N) is 1. The molecule has 0 aliphatic carbocycles. The lowest BCUT2D eigenvalue weighted by Gasteiger charge is -2.28. The molecule has 0 aromatic rings. The molecule has 67 heavy (non-hydrogen) atoms. The topological polar surface area (TPSA) is 111 Å². The van der Waals surface area contributed by atoms with Gasteiger partial charge in [-0.1, -0.05) is 236 Å². The average Bonchev–Trinajstić information content (AvgIpc) is 3.29. The Balaban J connectivity index is 3.95. The molecule has 9 nitrogen and oxygen atoms in total. The van der Waals surface area contributed by atoms with E-state index in [0.29, 0.717) is 17.4 Å². The van der Waals surface area contributed by atoms with Crippen molar-refractivity contribution in [2.45, 2.75) is 258 Å². The van der Waals surface area contributed by atoms with E-state index in [2.05, 4.69) is 62.5 Å². The number of allylic oxidation sites excluding steroid dienone is 8. The van der Waals surface area contributed by atoms with E-state index in [4.69, 9.17) is 18.5 Å². The molecule has 0 amide bonds. The number of carbonyl (C=O) groups excluding carboxylic acids is 2. The van der Waals surface area contributed by atoms with E-state index in [0.717, 1.165) is 57.8 Å². The second-order valence-electron chi connectivity index (χ2n) is 19.9. The monoisotopic (exact) mass is 964 g/mol. The predicted octanol–water partition coefficient (Wildman–Crippen LogP) is 16.3. The Hall–Kier alpha value is -2.03. The van der Waals surface area contributed by atoms with Crippen LogP contribution in [0.25, 0.3) is 0 Å². The van der Waals surface area contributed by atoms with Crippen molar-refractivity contribution < 1.29 is 42.1 Å². The van der Waals surface area contributed by atoms with Gasteiger partial charge in [-0.15, -0.1) is 0 Å². The second-order valence-corrected chi connectivity index (χ2v) is 21.3. The van der Waals surface area contributed by atoms with E-state index >= 15 is 0 Å². The Kier molecular flexibility index (Phi) is 47.5. The van der Waals surface area contributed by atoms with E-state index in [1.165, 1.54) is 161 Å². The molecule has 10 heteroatoms. The molecule has 0 spiro atoms. The zero-order valence-electron chi connectivity index (χ0n) is 44.3. The van der Waals surface area contributed by atoms with Gasteiger partial charge in [0.25, 0.3) is 7.82 Å². The van der Waals surface area contributed by atoms with E-state index in [1.54, 1.807) is 0 Å². The van der Waals surface area contributed by atoms with Gasteiger partial charge in [-0.3, -0.25) is 14.2 Å². The molecule has 0 radical (unpaired) electrons. The highest BCUT2D eigenvalue weighted by Crippen LogP contribution is 2.38. The normalized spacial score (nSPS) is 13.7. The molecule has 0 N–H and O–H groups in total. The summed E-state index contributed by atoms with van der Waals surface area (Å²) >= 11 is 0. The van der Waals surface area contributed by atoms with Crippen molar-refractivity contribution in [2.75, 3.05) is 47.5 Å². The molecule has 0 aromatic heterocycles. The summed E-state index contributed by atoms with van der Waals surface area (Å²) in [6.07, 6.45) is 60.4. The van der Waals surface area contributed by atoms with Gasteiger partial charge in [0.05, 0.1) is 27.7 Å². The standard InChI is InChI=1S/C57H106NO8P/c1-6-8-10-12-14-16-18-19-20-21-22-23-24-25-26-27-28-29-30-31-32-33-34-35-36-37-38-39-40-42-44-46-48-50-57(60)66-55(54-65-67(61,62)64-52-51-58(3,4)5)53-63-56(59)49-47-45-43-41-17-15-13-11-9-7-2/h8,10,14,16,19-20,22-23,55H,6-7,9,11-13,15,17-18,21,24-54H2,1-5H3/b10-8-,16-14-,20-19-,23-22-. The fraction of sp³-hybridized carbons (Fsp3) is 0.825. The van der Waals surface area contributed by atoms with Gasteiger partial charge in [-0.2, -0.15) is 0 Å². The Morgan fingerprint density at radius 3 is 1.27 bits per heavy atom. The number of rotatable bonds is 51. The molecule has 0 aliphatic rings. The lowest BCUT2D eigenvalue weighted by atomic mass is 10.0. The predicted molar refractivity (Wildman–Crippen MR) is 282 cm³/mol. The van der Waals surface area contributed by atoms with Crippen molar-refractivity contribution in [2.24, 2.45) is 0 Å². The number of phosphoric ester groups is 1. The number of quaternary nitrogens is 1. The van der Waals surface area contributed by atoms with Gasteiger partial charge in [0.2, 0.25) is 0 Å². The highest BCUT2D eigenvalue weighted by atomic mass is 31.2. The van der Waals surface area contributed by atoms with Crippen LogP contribution in [-0.4, -0.2) is 70.0 Å². The molecule has 2 atom stereocenters. The van der Waals surface area contributed by atoms with Crippen LogP contribution < -0.4 is 4.89 Å². The first kappa shape index (κ1) is 65.0. The summed E-state index contributed by atoms with van der Waals surface area (Å²) in [6, 6.07) is 0. The van der Waals surface area contributed by atoms with Crippen LogP contribution in [0.15, 0.2) is 48.6 Å². The summed E-state index contributed by atoms with van der Waals surface area (Å²) in [4.78, 5) is 37.6. The molecule has 2 unspecified atom stereocenters. The maximum Gasteiger partial charge on any atom is 0.306 e. The first-order valence-electron chi connectivity index (χ1n) is 27.8. The minimum absolute atomic E-state index is 0.0287. The molecule has 0 aromatic carbocycles. The quantitative estimate of drug-likeness (QED) is 0.0195. The highest BCUT2D eigenvalue weighted by molar-refractivity contribution is 7.45. The minimum atomic E-state index is -4.62. The number of hydrogen-bond acceptors (Lipinski definition) is 8. The van der Waals surface area contributed by atoms with Gasteiger partial charge < -0.3 is 27.9 Å². The number of carbonyl (C=O) groups is 2. The maximum absolute atomic E-state index is 12.7. The number of esters is 2. The lowest BCUT2D eigenvalue weighted by Crippen LogP contribution is -2.37. The molecule has 0 saturated carbocycles. The Morgan fingerprint density at radius 1 is 0.478 bits per heavy atom. The van der Waals surface area contributed by atoms with Gasteiger partial charge in [-0.05, 0) is 51.4 Å². The number of ether oxygens (including phenoxy) is 2. The fourth-order valence-electron chi connectivity index (χ4n) is 7.83. The largest absolute Gasteiger partial charge is 0.756 e. The first-order valence-corrected chi connectivity index (χ1v) is 29.3. The number of likely N-dealkylation sites (N-methyl/N-ethyl adjacent to an activating group) is 1. The van der Waals surface area contributed by atoms with E-state index in [-0.39, 0.29) is 32.0 Å². The van der Waals surface area contributed by atoms with Crippen LogP contribution in [0.5, 0.6) is 0 Å². The molecule has 392 valence electrons. The number of unbranched alkanes of at least 4 members (excludes halogenated alkanes) is 29. The summed E-state index contributed by atoms with van der Waals surface area (Å²) in [5.41, 5.74) is 0. The third-order valence-corrected chi connectivity index (χ3v) is 13.1. The maximum atomic E-state index is 12.7. The summed E-state index contributed by atoms with van der Waals surface area (Å²) in [5.74, 6) is -0.825. The zero-order valence-corrected chi connectivity index (χ0v) is 45.2. The smallest absolute Gasteiger partial charge is 0.306 e. The van der Waals surface area contributed by atoms with Crippen LogP contribution in [0.1, 0.15) is 251 Å². The van der Waals surface area contributed by atoms with Crippen LogP contribution in [0, 0.1) is 0 Å².